The van der Waals surface area contributed by atoms with Crippen LogP contribution in [0.3, 0.4) is 0 Å². The van der Waals surface area contributed by atoms with Gasteiger partial charge in [0.2, 0.25) is 5.96 Å². The normalized spacial score (nSPS) is 24.3. The van der Waals surface area contributed by atoms with Crippen molar-refractivity contribution in [2.75, 3.05) is 20.2 Å². The van der Waals surface area contributed by atoms with E-state index < -0.39 is 12.2 Å². The topological polar surface area (TPSA) is 79.7 Å². The third kappa shape index (κ3) is 2.76. The van der Waals surface area contributed by atoms with E-state index in [-0.39, 0.29) is 25.1 Å². The van der Waals surface area contributed by atoms with E-state index in [1.54, 1.807) is 7.05 Å². The number of hydrogen-bond donors (Lipinski definition) is 1. The van der Waals surface area contributed by atoms with Crippen molar-refractivity contribution >= 4 is 17.9 Å². The maximum Gasteiger partial charge on any atom is 0.328 e. The number of urea groups is 1. The molecule has 0 bridgehead atoms. The van der Waals surface area contributed by atoms with Crippen molar-refractivity contribution in [3.05, 3.63) is 47.8 Å². The van der Waals surface area contributed by atoms with Gasteiger partial charge in [-0.15, -0.1) is 0 Å². The van der Waals surface area contributed by atoms with Gasteiger partial charge in [0, 0.05) is 32.1 Å². The molecule has 3 aliphatic heterocycles. The molecule has 0 radical (unpaired) electrons. The molecule has 2 atom stereocenters. The molecule has 2 unspecified atom stereocenters. The second-order valence-electron chi connectivity index (χ2n) is 7.00. The summed E-state index contributed by atoms with van der Waals surface area (Å²) in [7, 11) is 1.69. The van der Waals surface area contributed by atoms with Crippen molar-refractivity contribution in [2.45, 2.75) is 32.1 Å². The van der Waals surface area contributed by atoms with Gasteiger partial charge in [-0.2, -0.15) is 0 Å². The fraction of sp³-hybridized carbons (Fsp3) is 0.421. The van der Waals surface area contributed by atoms with E-state index in [0.29, 0.717) is 18.9 Å². The molecule has 0 aliphatic carbocycles. The number of guanidine groups is 1. The molecule has 8 heteroatoms. The summed E-state index contributed by atoms with van der Waals surface area (Å²) in [6.07, 6.45) is 1.98. The zero-order chi connectivity index (χ0) is 19.1. The lowest BCUT2D eigenvalue weighted by Gasteiger charge is -2.40. The Morgan fingerprint density at radius 2 is 1.89 bits per heavy atom. The lowest BCUT2D eigenvalue weighted by atomic mass is 10.1. The first-order valence-corrected chi connectivity index (χ1v) is 9.08. The first-order valence-electron chi connectivity index (χ1n) is 9.08. The number of benzene rings is 1. The van der Waals surface area contributed by atoms with E-state index in [2.05, 4.69) is 4.99 Å². The summed E-state index contributed by atoms with van der Waals surface area (Å²) in [6, 6.07) is 8.60. The van der Waals surface area contributed by atoms with Crippen molar-refractivity contribution in [3.8, 4) is 0 Å². The van der Waals surface area contributed by atoms with E-state index in [1.807, 2.05) is 53.3 Å². The van der Waals surface area contributed by atoms with Crippen LogP contribution in [0.5, 0.6) is 0 Å². The highest BCUT2D eigenvalue weighted by Crippen LogP contribution is 2.34. The standard InChI is InChI=1S/C19H23N5O3/c1-13-11-23-15-16(20-18(23)22(13)9-6-10-25)21(2)19(27)24(17(15)26)12-14-7-4-3-5-8-14/h3-5,7-8,11,15-16,25H,6,9-10,12H2,1-2H3. The van der Waals surface area contributed by atoms with E-state index in [1.165, 1.54) is 9.80 Å². The van der Waals surface area contributed by atoms with Gasteiger partial charge in [-0.3, -0.25) is 9.69 Å². The summed E-state index contributed by atoms with van der Waals surface area (Å²) in [5.74, 6) is 0.435. The molecule has 0 aromatic heterocycles. The van der Waals surface area contributed by atoms with Crippen molar-refractivity contribution in [2.24, 2.45) is 4.99 Å². The third-order valence-corrected chi connectivity index (χ3v) is 5.23. The van der Waals surface area contributed by atoms with Crippen LogP contribution in [0.4, 0.5) is 4.79 Å². The Labute approximate surface area is 158 Å². The second kappa shape index (κ2) is 6.70. The molecule has 1 fully saturated rings. The van der Waals surface area contributed by atoms with Crippen LogP contribution in [-0.2, 0) is 11.3 Å². The van der Waals surface area contributed by atoms with Crippen LogP contribution in [0.2, 0.25) is 0 Å². The first kappa shape index (κ1) is 17.5. The average Bonchev–Trinajstić information content (AvgIpc) is 3.18. The minimum absolute atomic E-state index is 0.0894. The zero-order valence-corrected chi connectivity index (χ0v) is 15.4. The smallest absolute Gasteiger partial charge is 0.328 e. The van der Waals surface area contributed by atoms with Crippen LogP contribution in [0.15, 0.2) is 47.2 Å². The average molecular weight is 369 g/mol. The molecular formula is C19H23N5O3. The fourth-order valence-electron chi connectivity index (χ4n) is 3.82. The predicted octanol–water partition coefficient (Wildman–Crippen LogP) is 1.01. The SMILES string of the molecule is CC1=CN2C(=NC3C2C(=O)N(Cc2ccccc2)C(=O)N3C)N1CCCO. The van der Waals surface area contributed by atoms with Gasteiger partial charge in [0.15, 0.2) is 12.2 Å². The molecule has 1 aromatic rings. The van der Waals surface area contributed by atoms with Crippen molar-refractivity contribution < 1.29 is 14.7 Å². The van der Waals surface area contributed by atoms with Gasteiger partial charge >= 0.3 is 6.03 Å². The van der Waals surface area contributed by atoms with Gasteiger partial charge in [0.25, 0.3) is 5.91 Å². The van der Waals surface area contributed by atoms with Crippen molar-refractivity contribution in [1.29, 1.82) is 0 Å². The minimum Gasteiger partial charge on any atom is -0.396 e. The predicted molar refractivity (Wildman–Crippen MR) is 99.2 cm³/mol. The summed E-state index contributed by atoms with van der Waals surface area (Å²) in [5, 5.41) is 9.14. The van der Waals surface area contributed by atoms with E-state index in [9.17, 15) is 9.59 Å². The molecule has 3 heterocycles. The lowest BCUT2D eigenvalue weighted by molar-refractivity contribution is -0.137. The summed E-state index contributed by atoms with van der Waals surface area (Å²) < 4.78 is 0. The molecule has 8 nitrogen and oxygen atoms in total. The number of carbonyl (C=O) groups excluding carboxylic acids is 2. The highest BCUT2D eigenvalue weighted by atomic mass is 16.3. The summed E-state index contributed by atoms with van der Waals surface area (Å²) in [6.45, 7) is 2.91. The van der Waals surface area contributed by atoms with Crippen molar-refractivity contribution in [1.82, 2.24) is 19.6 Å². The number of aliphatic hydroxyl groups is 1. The molecule has 4 rings (SSSR count). The second-order valence-corrected chi connectivity index (χ2v) is 7.00. The van der Waals surface area contributed by atoms with Crippen LogP contribution < -0.4 is 0 Å². The number of aliphatic hydroxyl groups excluding tert-OH is 1. The minimum atomic E-state index is -0.555. The number of imide groups is 1. The summed E-state index contributed by atoms with van der Waals surface area (Å²) in [4.78, 5) is 37.4. The molecule has 0 saturated carbocycles. The Bertz CT molecular complexity index is 822. The number of hydrogen-bond acceptors (Lipinski definition) is 6. The van der Waals surface area contributed by atoms with Crippen LogP contribution in [0.25, 0.3) is 0 Å². The van der Waals surface area contributed by atoms with Crippen LogP contribution in [0, 0.1) is 0 Å². The maximum atomic E-state index is 13.2. The molecule has 1 aromatic carbocycles. The van der Waals surface area contributed by atoms with Gasteiger partial charge in [0.1, 0.15) is 0 Å². The Kier molecular flexibility index (Phi) is 4.35. The number of rotatable bonds is 5. The first-order chi connectivity index (χ1) is 13.0. The number of carbonyl (C=O) groups is 2. The monoisotopic (exact) mass is 369 g/mol. The number of amides is 3. The zero-order valence-electron chi connectivity index (χ0n) is 15.4. The summed E-state index contributed by atoms with van der Waals surface area (Å²) >= 11 is 0. The van der Waals surface area contributed by atoms with Crippen LogP contribution in [-0.4, -0.2) is 75.0 Å². The molecule has 27 heavy (non-hydrogen) atoms. The van der Waals surface area contributed by atoms with Gasteiger partial charge < -0.3 is 19.8 Å². The molecule has 3 amide bonds. The van der Waals surface area contributed by atoms with E-state index in [4.69, 9.17) is 5.11 Å². The molecule has 3 aliphatic rings. The number of aliphatic imine (C=N–C) groups is 1. The Morgan fingerprint density at radius 1 is 1.15 bits per heavy atom. The molecule has 142 valence electrons. The van der Waals surface area contributed by atoms with Gasteiger partial charge in [-0.1, -0.05) is 30.3 Å². The number of fused-ring (bicyclic) bond motifs is 3. The van der Waals surface area contributed by atoms with Crippen molar-refractivity contribution in [3.63, 3.8) is 0 Å². The summed E-state index contributed by atoms with van der Waals surface area (Å²) in [5.41, 5.74) is 1.88. The molecular weight excluding hydrogens is 346 g/mol. The quantitative estimate of drug-likeness (QED) is 0.838. The van der Waals surface area contributed by atoms with E-state index >= 15 is 0 Å². The Hall–Kier alpha value is -2.87. The van der Waals surface area contributed by atoms with Gasteiger partial charge in [-0.05, 0) is 18.9 Å². The van der Waals surface area contributed by atoms with Crippen LogP contribution in [0.1, 0.15) is 18.9 Å². The largest absolute Gasteiger partial charge is 0.396 e. The molecule has 1 N–H and O–H groups in total. The highest BCUT2D eigenvalue weighted by Gasteiger charge is 2.54. The lowest BCUT2D eigenvalue weighted by Crippen LogP contribution is -2.63. The molecule has 1 saturated heterocycles. The highest BCUT2D eigenvalue weighted by molar-refractivity contribution is 6.04. The Balaban J connectivity index is 1.61. The van der Waals surface area contributed by atoms with Gasteiger partial charge in [-0.25, -0.2) is 9.79 Å². The third-order valence-electron chi connectivity index (χ3n) is 5.23. The molecule has 0 spiro atoms. The van der Waals surface area contributed by atoms with Gasteiger partial charge in [0.05, 0.1) is 6.54 Å². The van der Waals surface area contributed by atoms with Crippen LogP contribution >= 0.6 is 0 Å². The Morgan fingerprint density at radius 3 is 2.59 bits per heavy atom. The fourth-order valence-corrected chi connectivity index (χ4v) is 3.82. The number of likely N-dealkylation sites (N-methyl/N-ethyl adjacent to an activating group) is 1. The number of nitrogens with zero attached hydrogens (tertiary/aromatic N) is 5. The maximum absolute atomic E-state index is 13.2. The number of allylic oxidation sites excluding steroid dienone is 1. The van der Waals surface area contributed by atoms with E-state index in [0.717, 1.165) is 11.3 Å².